The number of aromatic nitrogens is 1. The monoisotopic (exact) mass is 422 g/mol. The Morgan fingerprint density at radius 1 is 1.21 bits per heavy atom. The minimum Gasteiger partial charge on any atom is -0.478 e. The predicted molar refractivity (Wildman–Crippen MR) is 99.2 cm³/mol. The first kappa shape index (κ1) is 16.8. The number of nitrogens with one attached hydrogen (secondary N) is 1. The van der Waals surface area contributed by atoms with Gasteiger partial charge in [0.05, 0.1) is 21.8 Å². The molecular weight excluding hydrogens is 412 g/mol. The average Bonchev–Trinajstić information content (AvgIpc) is 3.14. The van der Waals surface area contributed by atoms with Gasteiger partial charge in [0.15, 0.2) is 0 Å². The standard InChI is InChI=1S/C16H11BrN2O3S2/c1-8-13(24-7-18-8)15(20)19-11-6-23-14(12(11)16(21)22)9-2-4-10(17)5-3-9/h2-7H,1H3,(H,19,20)(H,21,22). The van der Waals surface area contributed by atoms with Crippen LogP contribution in [0.1, 0.15) is 25.7 Å². The molecule has 0 saturated carbocycles. The number of thiazole rings is 1. The Morgan fingerprint density at radius 2 is 1.92 bits per heavy atom. The SMILES string of the molecule is Cc1ncsc1C(=O)Nc1csc(-c2ccc(Br)cc2)c1C(=O)O. The van der Waals surface area contributed by atoms with Crippen LogP contribution in [0.5, 0.6) is 0 Å². The van der Waals surface area contributed by atoms with Gasteiger partial charge in [0.1, 0.15) is 10.4 Å². The van der Waals surface area contributed by atoms with E-state index < -0.39 is 5.97 Å². The zero-order chi connectivity index (χ0) is 17.3. The lowest BCUT2D eigenvalue weighted by molar-refractivity contribution is 0.0699. The van der Waals surface area contributed by atoms with E-state index in [1.165, 1.54) is 22.7 Å². The summed E-state index contributed by atoms with van der Waals surface area (Å²) in [4.78, 5) is 29.2. The van der Waals surface area contributed by atoms with Gasteiger partial charge < -0.3 is 10.4 Å². The number of rotatable bonds is 4. The molecule has 3 rings (SSSR count). The fourth-order valence-electron chi connectivity index (χ4n) is 2.17. The minimum atomic E-state index is -1.08. The number of carboxylic acids is 1. The van der Waals surface area contributed by atoms with Crippen LogP contribution in [-0.2, 0) is 0 Å². The molecular formula is C16H11BrN2O3S2. The van der Waals surface area contributed by atoms with Crippen molar-refractivity contribution in [2.24, 2.45) is 0 Å². The summed E-state index contributed by atoms with van der Waals surface area (Å²) >= 11 is 5.86. The summed E-state index contributed by atoms with van der Waals surface area (Å²) in [6, 6.07) is 7.36. The number of benzene rings is 1. The van der Waals surface area contributed by atoms with Gasteiger partial charge in [0, 0.05) is 9.85 Å². The van der Waals surface area contributed by atoms with E-state index in [1.807, 2.05) is 24.3 Å². The first-order chi connectivity index (χ1) is 11.5. The summed E-state index contributed by atoms with van der Waals surface area (Å²) in [5.74, 6) is -1.43. The van der Waals surface area contributed by atoms with Gasteiger partial charge in [-0.25, -0.2) is 9.78 Å². The van der Waals surface area contributed by atoms with Crippen LogP contribution in [0.2, 0.25) is 0 Å². The largest absolute Gasteiger partial charge is 0.478 e. The highest BCUT2D eigenvalue weighted by molar-refractivity contribution is 9.10. The van der Waals surface area contributed by atoms with E-state index in [4.69, 9.17) is 0 Å². The molecule has 122 valence electrons. The van der Waals surface area contributed by atoms with Crippen LogP contribution in [0.15, 0.2) is 39.6 Å². The van der Waals surface area contributed by atoms with E-state index in [9.17, 15) is 14.7 Å². The topological polar surface area (TPSA) is 79.3 Å². The summed E-state index contributed by atoms with van der Waals surface area (Å²) in [7, 11) is 0. The predicted octanol–water partition coefficient (Wildman–Crippen LogP) is 4.89. The van der Waals surface area contributed by atoms with Gasteiger partial charge in [-0.15, -0.1) is 22.7 Å². The van der Waals surface area contributed by atoms with Crippen molar-refractivity contribution in [3.8, 4) is 10.4 Å². The molecule has 0 unspecified atom stereocenters. The summed E-state index contributed by atoms with van der Waals surface area (Å²) in [6.07, 6.45) is 0. The van der Waals surface area contributed by atoms with Gasteiger partial charge in [-0.05, 0) is 24.6 Å². The van der Waals surface area contributed by atoms with Crippen molar-refractivity contribution in [3.05, 3.63) is 55.8 Å². The molecule has 1 amide bonds. The molecule has 2 N–H and O–H groups in total. The van der Waals surface area contributed by atoms with Gasteiger partial charge in [-0.1, -0.05) is 28.1 Å². The number of aryl methyl sites for hydroxylation is 1. The van der Waals surface area contributed by atoms with E-state index in [0.717, 1.165) is 10.0 Å². The van der Waals surface area contributed by atoms with Crippen LogP contribution in [-0.4, -0.2) is 22.0 Å². The summed E-state index contributed by atoms with van der Waals surface area (Å²) in [5, 5.41) is 13.9. The molecule has 0 radical (unpaired) electrons. The number of thiophene rings is 1. The molecule has 0 saturated heterocycles. The Balaban J connectivity index is 1.98. The zero-order valence-electron chi connectivity index (χ0n) is 12.4. The lowest BCUT2D eigenvalue weighted by atomic mass is 10.1. The number of halogens is 1. The van der Waals surface area contributed by atoms with Gasteiger partial charge in [0.25, 0.3) is 5.91 Å². The summed E-state index contributed by atoms with van der Waals surface area (Å²) in [6.45, 7) is 1.74. The highest BCUT2D eigenvalue weighted by Crippen LogP contribution is 2.37. The maximum absolute atomic E-state index is 12.3. The van der Waals surface area contributed by atoms with Crippen molar-refractivity contribution in [3.63, 3.8) is 0 Å². The lowest BCUT2D eigenvalue weighted by Crippen LogP contribution is -2.13. The third-order valence-corrected chi connectivity index (χ3v) is 5.80. The minimum absolute atomic E-state index is 0.0952. The van der Waals surface area contributed by atoms with Crippen LogP contribution < -0.4 is 5.32 Å². The Bertz CT molecular complexity index is 916. The molecule has 0 bridgehead atoms. The van der Waals surface area contributed by atoms with E-state index in [-0.39, 0.29) is 11.5 Å². The van der Waals surface area contributed by atoms with E-state index in [1.54, 1.807) is 17.8 Å². The van der Waals surface area contributed by atoms with Crippen molar-refractivity contribution >= 4 is 56.2 Å². The van der Waals surface area contributed by atoms with Crippen molar-refractivity contribution < 1.29 is 14.7 Å². The lowest BCUT2D eigenvalue weighted by Gasteiger charge is -2.06. The maximum atomic E-state index is 12.3. The van der Waals surface area contributed by atoms with Gasteiger partial charge in [0.2, 0.25) is 0 Å². The fourth-order valence-corrected chi connectivity index (χ4v) is 4.14. The smallest absolute Gasteiger partial charge is 0.339 e. The number of carboxylic acid groups (broad SMARTS) is 1. The Hall–Kier alpha value is -2.03. The number of carbonyl (C=O) groups excluding carboxylic acids is 1. The molecule has 0 atom stereocenters. The van der Waals surface area contributed by atoms with Crippen LogP contribution in [0.4, 0.5) is 5.69 Å². The van der Waals surface area contributed by atoms with Crippen LogP contribution >= 0.6 is 38.6 Å². The van der Waals surface area contributed by atoms with Gasteiger partial charge >= 0.3 is 5.97 Å². The molecule has 0 aliphatic heterocycles. The number of hydrogen-bond acceptors (Lipinski definition) is 5. The first-order valence-electron chi connectivity index (χ1n) is 6.79. The molecule has 0 fully saturated rings. The number of carbonyl (C=O) groups is 2. The van der Waals surface area contributed by atoms with Crippen LogP contribution in [0.25, 0.3) is 10.4 Å². The van der Waals surface area contributed by atoms with Crippen molar-refractivity contribution in [2.75, 3.05) is 5.32 Å². The molecule has 0 aliphatic carbocycles. The number of amides is 1. The maximum Gasteiger partial charge on any atom is 0.339 e. The number of anilines is 1. The number of nitrogens with zero attached hydrogens (tertiary/aromatic N) is 1. The fraction of sp³-hybridized carbons (Fsp3) is 0.0625. The molecule has 1 aromatic carbocycles. The second-order valence-corrected chi connectivity index (χ2v) is 7.54. The normalized spacial score (nSPS) is 10.6. The molecule has 0 aliphatic rings. The highest BCUT2D eigenvalue weighted by atomic mass is 79.9. The van der Waals surface area contributed by atoms with Crippen molar-refractivity contribution in [1.82, 2.24) is 4.98 Å². The summed E-state index contributed by atoms with van der Waals surface area (Å²) in [5.41, 5.74) is 3.39. The van der Waals surface area contributed by atoms with Crippen molar-refractivity contribution in [1.29, 1.82) is 0 Å². The molecule has 3 aromatic rings. The van der Waals surface area contributed by atoms with Crippen LogP contribution in [0.3, 0.4) is 0 Å². The Kier molecular flexibility index (Phi) is 4.79. The third-order valence-electron chi connectivity index (χ3n) is 3.31. The molecule has 8 heteroatoms. The Morgan fingerprint density at radius 3 is 2.50 bits per heavy atom. The molecule has 2 aromatic heterocycles. The third kappa shape index (κ3) is 3.26. The van der Waals surface area contributed by atoms with E-state index >= 15 is 0 Å². The van der Waals surface area contributed by atoms with Crippen molar-refractivity contribution in [2.45, 2.75) is 6.92 Å². The van der Waals surface area contributed by atoms with Gasteiger partial charge in [-0.3, -0.25) is 4.79 Å². The molecule has 5 nitrogen and oxygen atoms in total. The van der Waals surface area contributed by atoms with E-state index in [2.05, 4.69) is 26.2 Å². The van der Waals surface area contributed by atoms with Gasteiger partial charge in [-0.2, -0.15) is 0 Å². The zero-order valence-corrected chi connectivity index (χ0v) is 15.6. The molecule has 24 heavy (non-hydrogen) atoms. The molecule has 0 spiro atoms. The van der Waals surface area contributed by atoms with Crippen LogP contribution in [0, 0.1) is 6.92 Å². The average molecular weight is 423 g/mol. The Labute approximate surface area is 154 Å². The summed E-state index contributed by atoms with van der Waals surface area (Å²) < 4.78 is 0.911. The second-order valence-electron chi connectivity index (χ2n) is 4.89. The quantitative estimate of drug-likeness (QED) is 0.626. The van der Waals surface area contributed by atoms with E-state index in [0.29, 0.717) is 21.1 Å². The second kappa shape index (κ2) is 6.84. The highest BCUT2D eigenvalue weighted by Gasteiger charge is 2.22. The number of hydrogen-bond donors (Lipinski definition) is 2. The number of aromatic carboxylic acids is 1. The molecule has 2 heterocycles. The first-order valence-corrected chi connectivity index (χ1v) is 9.34.